The molecule has 0 aliphatic heterocycles. The number of carbonyl (C=O) groups excluding carboxylic acids is 1. The number of hydrogen-bond acceptors (Lipinski definition) is 2. The molecule has 0 aliphatic rings. The van der Waals surface area contributed by atoms with Gasteiger partial charge in [0.05, 0.1) is 21.1 Å². The minimum Gasteiger partial charge on any atom is -0.469 e. The van der Waals surface area contributed by atoms with Gasteiger partial charge in [-0.2, -0.15) is 0 Å². The molecule has 0 fully saturated rings. The Kier molecular flexibility index (Phi) is 6.17. The molecule has 58 valence electrons. The first kappa shape index (κ1) is 10.3. The van der Waals surface area contributed by atoms with Gasteiger partial charge < -0.3 is 4.74 Å². The summed E-state index contributed by atoms with van der Waals surface area (Å²) >= 11 is 10.9. The molecule has 0 bridgehead atoms. The minimum absolute atomic E-state index is 0.207. The maximum absolute atomic E-state index is 10.5. The van der Waals surface area contributed by atoms with E-state index in [9.17, 15) is 4.79 Å². The van der Waals surface area contributed by atoms with Gasteiger partial charge in [-0.05, 0) is 6.04 Å². The van der Waals surface area contributed by atoms with E-state index in [0.29, 0.717) is 22.0 Å². The minimum atomic E-state index is -0.343. The molecular formula is C5H8Cl2O2Si. The van der Waals surface area contributed by atoms with E-state index in [1.54, 1.807) is 0 Å². The van der Waals surface area contributed by atoms with Crippen LogP contribution < -0.4 is 0 Å². The Morgan fingerprint density at radius 3 is 2.70 bits per heavy atom. The summed E-state index contributed by atoms with van der Waals surface area (Å²) in [6.45, 7) is 0. The number of alkyl halides is 2. The fourth-order valence-corrected chi connectivity index (χ4v) is 1.61. The molecule has 0 aromatic heterocycles. The number of ether oxygens (including phenoxy) is 1. The molecule has 0 saturated heterocycles. The first-order chi connectivity index (χ1) is 4.66. The second-order valence-corrected chi connectivity index (χ2v) is 4.89. The third-order valence-corrected chi connectivity index (χ3v) is 2.63. The van der Waals surface area contributed by atoms with Gasteiger partial charge in [0.15, 0.2) is 0 Å². The highest BCUT2D eigenvalue weighted by Crippen LogP contribution is 2.03. The van der Waals surface area contributed by atoms with Crippen LogP contribution in [-0.2, 0) is 9.53 Å². The summed E-state index contributed by atoms with van der Waals surface area (Å²) in [7, 11) is 1.78. The Bertz CT molecular complexity index is 108. The van der Waals surface area contributed by atoms with Crippen LogP contribution in [0.5, 0.6) is 0 Å². The van der Waals surface area contributed by atoms with Crippen molar-refractivity contribution in [1.29, 1.82) is 0 Å². The lowest BCUT2D eigenvalue weighted by atomic mass is 10.5. The summed E-state index contributed by atoms with van der Waals surface area (Å²) in [5.74, 6) is -0.207. The SMILES string of the molecule is COC(=O)CC[Si]C(Cl)Cl. The third-order valence-electron chi connectivity index (χ3n) is 0.855. The van der Waals surface area contributed by atoms with Gasteiger partial charge in [-0.1, -0.05) is 0 Å². The lowest BCUT2D eigenvalue weighted by Crippen LogP contribution is -2.06. The van der Waals surface area contributed by atoms with Crippen LogP contribution in [0.2, 0.25) is 6.04 Å². The van der Waals surface area contributed by atoms with Gasteiger partial charge >= 0.3 is 5.97 Å². The number of hydrogen-bond donors (Lipinski definition) is 0. The van der Waals surface area contributed by atoms with Gasteiger partial charge in [-0.15, -0.1) is 23.2 Å². The Hall–Kier alpha value is 0.267. The van der Waals surface area contributed by atoms with Gasteiger partial charge in [-0.25, -0.2) is 0 Å². The van der Waals surface area contributed by atoms with E-state index in [2.05, 4.69) is 4.74 Å². The van der Waals surface area contributed by atoms with Crippen molar-refractivity contribution in [3.8, 4) is 0 Å². The molecule has 2 radical (unpaired) electrons. The van der Waals surface area contributed by atoms with E-state index in [0.717, 1.165) is 0 Å². The highest BCUT2D eigenvalue weighted by molar-refractivity contribution is 6.68. The zero-order valence-corrected chi connectivity index (χ0v) is 8.08. The van der Waals surface area contributed by atoms with Crippen LogP contribution in [0.4, 0.5) is 0 Å². The molecule has 0 saturated carbocycles. The number of esters is 1. The van der Waals surface area contributed by atoms with E-state index in [4.69, 9.17) is 23.2 Å². The molecule has 0 N–H and O–H groups in total. The van der Waals surface area contributed by atoms with Crippen molar-refractivity contribution in [3.05, 3.63) is 0 Å². The van der Waals surface area contributed by atoms with E-state index in [1.165, 1.54) is 7.11 Å². The summed E-state index contributed by atoms with van der Waals surface area (Å²) < 4.78 is 4.07. The van der Waals surface area contributed by atoms with Gasteiger partial charge in [0.1, 0.15) is 0 Å². The van der Waals surface area contributed by atoms with Crippen LogP contribution in [0.1, 0.15) is 6.42 Å². The summed E-state index contributed by atoms with van der Waals surface area (Å²) in [6.07, 6.45) is 0.408. The molecule has 10 heavy (non-hydrogen) atoms. The molecule has 0 heterocycles. The first-order valence-electron chi connectivity index (χ1n) is 2.75. The molecular weight excluding hydrogens is 191 g/mol. The average molecular weight is 199 g/mol. The molecule has 0 spiro atoms. The molecule has 0 aliphatic carbocycles. The van der Waals surface area contributed by atoms with Gasteiger partial charge in [0.25, 0.3) is 0 Å². The maximum atomic E-state index is 10.5. The first-order valence-corrected chi connectivity index (χ1v) is 4.91. The van der Waals surface area contributed by atoms with Crippen molar-refractivity contribution >= 4 is 38.7 Å². The van der Waals surface area contributed by atoms with Crippen LogP contribution in [-0.4, -0.2) is 27.1 Å². The van der Waals surface area contributed by atoms with Gasteiger partial charge in [-0.3, -0.25) is 4.79 Å². The molecule has 0 aromatic rings. The lowest BCUT2D eigenvalue weighted by Gasteiger charge is -1.97. The smallest absolute Gasteiger partial charge is 0.305 e. The van der Waals surface area contributed by atoms with E-state index in [-0.39, 0.29) is 10.4 Å². The summed E-state index contributed by atoms with van der Waals surface area (Å²) in [5, 5.41) is 0. The second-order valence-electron chi connectivity index (χ2n) is 1.58. The number of methoxy groups -OCH3 is 1. The summed E-state index contributed by atoms with van der Waals surface area (Å²) in [5.41, 5.74) is 0. The van der Waals surface area contributed by atoms with Crippen molar-refractivity contribution in [2.45, 2.75) is 16.9 Å². The number of rotatable bonds is 4. The van der Waals surface area contributed by atoms with Crippen molar-refractivity contribution < 1.29 is 9.53 Å². The molecule has 0 amide bonds. The zero-order valence-electron chi connectivity index (χ0n) is 5.56. The zero-order chi connectivity index (χ0) is 7.98. The molecule has 0 atom stereocenters. The second kappa shape index (κ2) is 6.01. The Morgan fingerprint density at radius 2 is 2.30 bits per heavy atom. The lowest BCUT2D eigenvalue weighted by molar-refractivity contribution is -0.140. The van der Waals surface area contributed by atoms with Gasteiger partial charge in [0.2, 0.25) is 0 Å². The fourth-order valence-electron chi connectivity index (χ4n) is 0.385. The fraction of sp³-hybridized carbons (Fsp3) is 0.800. The summed E-state index contributed by atoms with van der Waals surface area (Å²) in [6, 6.07) is 0.713. The Labute approximate surface area is 72.7 Å². The van der Waals surface area contributed by atoms with Crippen molar-refractivity contribution in [1.82, 2.24) is 0 Å². The van der Waals surface area contributed by atoms with Crippen LogP contribution in [0.3, 0.4) is 0 Å². The summed E-state index contributed by atoms with van der Waals surface area (Å²) in [4.78, 5) is 10.5. The Balaban J connectivity index is 3.12. The highest BCUT2D eigenvalue weighted by Gasteiger charge is 2.03. The van der Waals surface area contributed by atoms with E-state index in [1.807, 2.05) is 0 Å². The predicted octanol–water partition coefficient (Wildman–Crippen LogP) is 1.43. The molecule has 0 rings (SSSR count). The highest BCUT2D eigenvalue weighted by atomic mass is 35.5. The molecule has 0 aromatic carbocycles. The van der Waals surface area contributed by atoms with Crippen LogP contribution in [0.15, 0.2) is 0 Å². The van der Waals surface area contributed by atoms with Crippen molar-refractivity contribution in [2.75, 3.05) is 7.11 Å². The molecule has 5 heteroatoms. The maximum Gasteiger partial charge on any atom is 0.305 e. The van der Waals surface area contributed by atoms with Crippen LogP contribution >= 0.6 is 23.2 Å². The van der Waals surface area contributed by atoms with Crippen LogP contribution in [0.25, 0.3) is 0 Å². The largest absolute Gasteiger partial charge is 0.469 e. The standard InChI is InChI=1S/C5H8Cl2O2Si/c1-9-4(8)2-3-10-5(6)7/h5H,2-3H2,1H3. The Morgan fingerprint density at radius 1 is 1.70 bits per heavy atom. The monoisotopic (exact) mass is 198 g/mol. The number of carbonyl (C=O) groups is 1. The quantitative estimate of drug-likeness (QED) is 0.389. The van der Waals surface area contributed by atoms with E-state index >= 15 is 0 Å². The molecule has 2 nitrogen and oxygen atoms in total. The normalized spacial score (nSPS) is 10.0. The number of halogens is 2. The third kappa shape index (κ3) is 6.39. The van der Waals surface area contributed by atoms with Crippen LogP contribution in [0, 0.1) is 0 Å². The van der Waals surface area contributed by atoms with Crippen molar-refractivity contribution in [2.24, 2.45) is 0 Å². The van der Waals surface area contributed by atoms with Gasteiger partial charge in [0, 0.05) is 6.42 Å². The predicted molar refractivity (Wildman–Crippen MR) is 42.7 cm³/mol. The molecule has 0 unspecified atom stereocenters. The average Bonchev–Trinajstić information content (AvgIpc) is 1.87. The topological polar surface area (TPSA) is 26.3 Å². The van der Waals surface area contributed by atoms with E-state index < -0.39 is 0 Å². The van der Waals surface area contributed by atoms with Crippen molar-refractivity contribution in [3.63, 3.8) is 0 Å².